The van der Waals surface area contributed by atoms with Crippen LogP contribution in [0.4, 0.5) is 0 Å². The van der Waals surface area contributed by atoms with Gasteiger partial charge in [0, 0.05) is 23.2 Å². The van der Waals surface area contributed by atoms with Gasteiger partial charge in [-0.2, -0.15) is 0 Å². The zero-order valence-corrected chi connectivity index (χ0v) is 10.8. The second-order valence-electron chi connectivity index (χ2n) is 4.27. The first-order valence-electron chi connectivity index (χ1n) is 4.94. The molecule has 1 aliphatic rings. The van der Waals surface area contributed by atoms with Gasteiger partial charge in [-0.1, -0.05) is 19.9 Å². The number of rotatable bonds is 2. The van der Waals surface area contributed by atoms with Gasteiger partial charge in [-0.25, -0.2) is 0 Å². The Balaban J connectivity index is 2.10. The van der Waals surface area contributed by atoms with Crippen LogP contribution in [0.3, 0.4) is 0 Å². The molecule has 1 aliphatic heterocycles. The fourth-order valence-electron chi connectivity index (χ4n) is 1.99. The van der Waals surface area contributed by atoms with Crippen molar-refractivity contribution in [1.29, 1.82) is 0 Å². The van der Waals surface area contributed by atoms with Crippen LogP contribution in [0, 0.1) is 9.49 Å². The van der Waals surface area contributed by atoms with Crippen LogP contribution in [0.25, 0.3) is 0 Å². The number of fused-ring (bicyclic) bond motifs is 1. The van der Waals surface area contributed by atoms with E-state index in [0.717, 1.165) is 19.6 Å². The summed E-state index contributed by atoms with van der Waals surface area (Å²) in [4.78, 5) is 2.50. The summed E-state index contributed by atoms with van der Waals surface area (Å²) < 4.78 is 1.35. The van der Waals surface area contributed by atoms with E-state index in [2.05, 4.69) is 59.5 Å². The lowest BCUT2D eigenvalue weighted by Gasteiger charge is -2.16. The molecule has 1 nitrogen and oxygen atoms in total. The molecule has 0 N–H and O–H groups in total. The average Bonchev–Trinajstić information content (AvgIpc) is 2.44. The smallest absolute Gasteiger partial charge is 0.0241 e. The zero-order chi connectivity index (χ0) is 10.1. The Kier molecular flexibility index (Phi) is 3.12. The number of halogens is 1. The van der Waals surface area contributed by atoms with Crippen LogP contribution in [-0.2, 0) is 13.1 Å². The van der Waals surface area contributed by atoms with Crippen LogP contribution in [0.1, 0.15) is 25.0 Å². The molecule has 0 fully saturated rings. The highest BCUT2D eigenvalue weighted by Gasteiger charge is 2.19. The zero-order valence-electron chi connectivity index (χ0n) is 8.68. The largest absolute Gasteiger partial charge is 0.294 e. The average molecular weight is 300 g/mol. The van der Waals surface area contributed by atoms with Crippen molar-refractivity contribution >= 4 is 22.6 Å². The van der Waals surface area contributed by atoms with E-state index in [1.54, 1.807) is 0 Å². The molecular weight excluding hydrogens is 285 g/mol. The van der Waals surface area contributed by atoms with Gasteiger partial charge < -0.3 is 0 Å². The number of benzene rings is 1. The fourth-order valence-corrected chi connectivity index (χ4v) is 2.55. The Bertz CT molecular complexity index is 333. The maximum atomic E-state index is 2.50. The van der Waals surface area contributed by atoms with Crippen LogP contribution < -0.4 is 0 Å². The van der Waals surface area contributed by atoms with Gasteiger partial charge in [0.05, 0.1) is 0 Å². The Hall–Kier alpha value is -0.0900. The van der Waals surface area contributed by atoms with Crippen molar-refractivity contribution in [2.24, 2.45) is 0 Å². The monoisotopic (exact) mass is 300 g/mol. The number of hydrogen-bond acceptors (Lipinski definition) is 1. The van der Waals surface area contributed by atoms with E-state index >= 15 is 0 Å². The third-order valence-electron chi connectivity index (χ3n) is 2.50. The standard InChI is InChI=1S/C12H15IN/c1-9(2)6-14-7-10-3-4-12(13)5-11(10)8-14/h3-5H,6-8H2,1-2H3. The van der Waals surface area contributed by atoms with Crippen molar-refractivity contribution in [3.63, 3.8) is 0 Å². The van der Waals surface area contributed by atoms with Gasteiger partial charge in [0.2, 0.25) is 0 Å². The van der Waals surface area contributed by atoms with Crippen molar-refractivity contribution in [3.8, 4) is 0 Å². The maximum absolute atomic E-state index is 2.50. The quantitative estimate of drug-likeness (QED) is 0.758. The molecule has 1 aromatic rings. The molecule has 0 spiro atoms. The molecule has 0 atom stereocenters. The lowest BCUT2D eigenvalue weighted by molar-refractivity contribution is 0.296. The minimum Gasteiger partial charge on any atom is -0.294 e. The van der Waals surface area contributed by atoms with E-state index in [-0.39, 0.29) is 0 Å². The summed E-state index contributed by atoms with van der Waals surface area (Å²) in [7, 11) is 0. The van der Waals surface area contributed by atoms with Crippen molar-refractivity contribution < 1.29 is 0 Å². The fraction of sp³-hybridized carbons (Fsp3) is 0.417. The van der Waals surface area contributed by atoms with Crippen LogP contribution in [0.2, 0.25) is 0 Å². The van der Waals surface area contributed by atoms with E-state index in [1.807, 2.05) is 0 Å². The van der Waals surface area contributed by atoms with Crippen molar-refractivity contribution in [2.45, 2.75) is 26.9 Å². The highest BCUT2D eigenvalue weighted by atomic mass is 127. The van der Waals surface area contributed by atoms with Crippen molar-refractivity contribution in [2.75, 3.05) is 6.54 Å². The second kappa shape index (κ2) is 4.19. The minimum atomic E-state index is 1.12. The topological polar surface area (TPSA) is 3.24 Å². The SMILES string of the molecule is C[C](C)CN1Cc2ccc(I)cc2C1. The predicted molar refractivity (Wildman–Crippen MR) is 67.9 cm³/mol. The maximum Gasteiger partial charge on any atom is 0.0241 e. The molecule has 2 heteroatoms. The molecule has 0 aromatic heterocycles. The van der Waals surface area contributed by atoms with Gasteiger partial charge in [-0.3, -0.25) is 4.90 Å². The van der Waals surface area contributed by atoms with E-state index in [4.69, 9.17) is 0 Å². The molecule has 14 heavy (non-hydrogen) atoms. The number of nitrogens with zero attached hydrogens (tertiary/aromatic N) is 1. The minimum absolute atomic E-state index is 1.12. The molecule has 0 saturated heterocycles. The first-order chi connectivity index (χ1) is 6.65. The van der Waals surface area contributed by atoms with Gasteiger partial charge in [0.25, 0.3) is 0 Å². The molecule has 0 amide bonds. The van der Waals surface area contributed by atoms with Crippen molar-refractivity contribution in [1.82, 2.24) is 4.90 Å². The Morgan fingerprint density at radius 2 is 2.00 bits per heavy atom. The molecule has 2 rings (SSSR count). The molecule has 1 aromatic carbocycles. The van der Waals surface area contributed by atoms with E-state index < -0.39 is 0 Å². The van der Waals surface area contributed by atoms with Crippen LogP contribution in [-0.4, -0.2) is 11.4 Å². The van der Waals surface area contributed by atoms with E-state index in [0.29, 0.717) is 0 Å². The molecule has 0 saturated carbocycles. The Morgan fingerprint density at radius 1 is 1.29 bits per heavy atom. The third-order valence-corrected chi connectivity index (χ3v) is 3.17. The first kappa shape index (κ1) is 10.4. The second-order valence-corrected chi connectivity index (χ2v) is 5.51. The first-order valence-corrected chi connectivity index (χ1v) is 6.02. The number of hydrogen-bond donors (Lipinski definition) is 0. The molecule has 0 unspecified atom stereocenters. The van der Waals surface area contributed by atoms with Gasteiger partial charge >= 0.3 is 0 Å². The summed E-state index contributed by atoms with van der Waals surface area (Å²) in [5.74, 6) is 1.49. The summed E-state index contributed by atoms with van der Waals surface area (Å²) in [5, 5.41) is 0. The Morgan fingerprint density at radius 3 is 2.71 bits per heavy atom. The van der Waals surface area contributed by atoms with Crippen LogP contribution >= 0.6 is 22.6 Å². The lowest BCUT2D eigenvalue weighted by Crippen LogP contribution is -2.20. The van der Waals surface area contributed by atoms with Crippen LogP contribution in [0.5, 0.6) is 0 Å². The van der Waals surface area contributed by atoms with E-state index in [1.165, 1.54) is 20.6 Å². The molecule has 0 bridgehead atoms. The molecule has 1 heterocycles. The van der Waals surface area contributed by atoms with E-state index in [9.17, 15) is 0 Å². The highest BCUT2D eigenvalue weighted by Crippen LogP contribution is 2.25. The summed E-state index contributed by atoms with van der Waals surface area (Å²) in [6.07, 6.45) is 0. The van der Waals surface area contributed by atoms with Gasteiger partial charge in [-0.05, 0) is 51.8 Å². The molecule has 0 aliphatic carbocycles. The summed E-state index contributed by atoms with van der Waals surface area (Å²) in [6.45, 7) is 7.78. The summed E-state index contributed by atoms with van der Waals surface area (Å²) >= 11 is 2.38. The van der Waals surface area contributed by atoms with Gasteiger partial charge in [-0.15, -0.1) is 0 Å². The van der Waals surface area contributed by atoms with Crippen LogP contribution in [0.15, 0.2) is 18.2 Å². The third kappa shape index (κ3) is 2.28. The van der Waals surface area contributed by atoms with Gasteiger partial charge in [0.1, 0.15) is 0 Å². The molecule has 75 valence electrons. The summed E-state index contributed by atoms with van der Waals surface area (Å²) in [5.41, 5.74) is 3.02. The Labute approximate surface area is 99.6 Å². The molecular formula is C12H15IN. The summed E-state index contributed by atoms with van der Waals surface area (Å²) in [6, 6.07) is 6.77. The normalized spacial score (nSPS) is 16.3. The molecule has 1 radical (unpaired) electrons. The highest BCUT2D eigenvalue weighted by molar-refractivity contribution is 14.1. The predicted octanol–water partition coefficient (Wildman–Crippen LogP) is 3.22. The lowest BCUT2D eigenvalue weighted by atomic mass is 10.1. The van der Waals surface area contributed by atoms with Gasteiger partial charge in [0.15, 0.2) is 0 Å². The van der Waals surface area contributed by atoms with Crippen molar-refractivity contribution in [3.05, 3.63) is 38.8 Å².